The maximum atomic E-state index is 6.53. The van der Waals surface area contributed by atoms with Crippen LogP contribution in [-0.2, 0) is 0 Å². The number of aryl methyl sites for hydroxylation is 3. The van der Waals surface area contributed by atoms with Gasteiger partial charge in [0.2, 0.25) is 0 Å². The molecule has 1 atom stereocenters. The molecule has 1 unspecified atom stereocenters. The number of nitrogens with zero attached hydrogens (tertiary/aromatic N) is 1. The number of rotatable bonds is 2. The summed E-state index contributed by atoms with van der Waals surface area (Å²) in [6.45, 7) is 6.39. The third kappa shape index (κ3) is 2.55. The van der Waals surface area contributed by atoms with Gasteiger partial charge in [-0.2, -0.15) is 0 Å². The van der Waals surface area contributed by atoms with Gasteiger partial charge < -0.3 is 5.73 Å². The zero-order valence-electron chi connectivity index (χ0n) is 12.7. The van der Waals surface area contributed by atoms with Gasteiger partial charge in [-0.15, -0.1) is 0 Å². The van der Waals surface area contributed by atoms with Crippen LogP contribution >= 0.6 is 0 Å². The molecule has 0 saturated heterocycles. The van der Waals surface area contributed by atoms with Crippen LogP contribution in [0.2, 0.25) is 0 Å². The molecule has 0 bridgehead atoms. The van der Waals surface area contributed by atoms with Crippen molar-refractivity contribution in [3.63, 3.8) is 0 Å². The van der Waals surface area contributed by atoms with E-state index in [4.69, 9.17) is 5.73 Å². The third-order valence-corrected chi connectivity index (χ3v) is 4.04. The molecule has 0 saturated carbocycles. The normalized spacial score (nSPS) is 12.6. The Morgan fingerprint density at radius 2 is 1.67 bits per heavy atom. The third-order valence-electron chi connectivity index (χ3n) is 4.04. The minimum Gasteiger partial charge on any atom is -0.320 e. The van der Waals surface area contributed by atoms with Gasteiger partial charge in [0.25, 0.3) is 0 Å². The van der Waals surface area contributed by atoms with Crippen molar-refractivity contribution in [1.29, 1.82) is 0 Å². The fraction of sp³-hybridized carbons (Fsp3) is 0.211. The lowest BCUT2D eigenvalue weighted by molar-refractivity contribution is 0.851. The Kier molecular flexibility index (Phi) is 3.48. The molecule has 21 heavy (non-hydrogen) atoms. The van der Waals surface area contributed by atoms with E-state index in [2.05, 4.69) is 62.2 Å². The Morgan fingerprint density at radius 3 is 2.38 bits per heavy atom. The highest BCUT2D eigenvalue weighted by Crippen LogP contribution is 2.28. The fourth-order valence-corrected chi connectivity index (χ4v) is 3.13. The molecule has 2 nitrogen and oxygen atoms in total. The second-order valence-corrected chi connectivity index (χ2v) is 5.75. The van der Waals surface area contributed by atoms with Crippen molar-refractivity contribution in [2.75, 3.05) is 0 Å². The Labute approximate surface area is 125 Å². The summed E-state index contributed by atoms with van der Waals surface area (Å²) >= 11 is 0. The van der Waals surface area contributed by atoms with Crippen LogP contribution in [-0.4, -0.2) is 4.98 Å². The van der Waals surface area contributed by atoms with Gasteiger partial charge in [0.1, 0.15) is 0 Å². The monoisotopic (exact) mass is 276 g/mol. The average Bonchev–Trinajstić information content (AvgIpc) is 2.45. The molecule has 0 aliphatic rings. The van der Waals surface area contributed by atoms with E-state index in [0.717, 1.165) is 16.5 Å². The first-order valence-electron chi connectivity index (χ1n) is 7.24. The number of pyridine rings is 1. The summed E-state index contributed by atoms with van der Waals surface area (Å²) in [5.74, 6) is 0. The first-order valence-corrected chi connectivity index (χ1v) is 7.24. The Morgan fingerprint density at radius 1 is 0.952 bits per heavy atom. The summed E-state index contributed by atoms with van der Waals surface area (Å²) < 4.78 is 0. The molecule has 0 amide bonds. The Bertz CT molecular complexity index is 783. The zero-order valence-corrected chi connectivity index (χ0v) is 12.7. The minimum absolute atomic E-state index is 0.114. The molecule has 2 heteroatoms. The van der Waals surface area contributed by atoms with E-state index in [0.29, 0.717) is 0 Å². The van der Waals surface area contributed by atoms with E-state index in [1.165, 1.54) is 22.3 Å². The topological polar surface area (TPSA) is 38.9 Å². The quantitative estimate of drug-likeness (QED) is 0.761. The smallest absolute Gasteiger partial charge is 0.0705 e. The first kappa shape index (κ1) is 13.8. The van der Waals surface area contributed by atoms with Crippen molar-refractivity contribution >= 4 is 10.9 Å². The number of hydrogen-bond donors (Lipinski definition) is 1. The maximum Gasteiger partial charge on any atom is 0.0705 e. The van der Waals surface area contributed by atoms with Crippen molar-refractivity contribution in [3.05, 3.63) is 76.5 Å². The predicted octanol–water partition coefficient (Wildman–Crippen LogP) is 4.21. The first-order chi connectivity index (χ1) is 10.1. The van der Waals surface area contributed by atoms with E-state index in [9.17, 15) is 0 Å². The Balaban J connectivity index is 2.10. The van der Waals surface area contributed by atoms with E-state index in [1.54, 1.807) is 0 Å². The van der Waals surface area contributed by atoms with Crippen molar-refractivity contribution in [2.45, 2.75) is 26.8 Å². The van der Waals surface area contributed by atoms with Crippen molar-refractivity contribution < 1.29 is 0 Å². The van der Waals surface area contributed by atoms with Gasteiger partial charge in [-0.3, -0.25) is 4.98 Å². The number of nitrogens with two attached hydrogens (primary N) is 1. The van der Waals surface area contributed by atoms with Crippen LogP contribution in [0.4, 0.5) is 0 Å². The van der Waals surface area contributed by atoms with Crippen molar-refractivity contribution in [3.8, 4) is 0 Å². The molecule has 0 aliphatic heterocycles. The molecule has 2 N–H and O–H groups in total. The highest BCUT2D eigenvalue weighted by molar-refractivity contribution is 5.79. The SMILES string of the molecule is Cc1cc(C)c(C(N)c2ccc3cccnc3c2)c(C)c1. The van der Waals surface area contributed by atoms with Crippen LogP contribution in [0.25, 0.3) is 10.9 Å². The van der Waals surface area contributed by atoms with Crippen molar-refractivity contribution in [2.24, 2.45) is 5.73 Å². The van der Waals surface area contributed by atoms with E-state index < -0.39 is 0 Å². The number of benzene rings is 2. The van der Waals surface area contributed by atoms with Crippen LogP contribution in [0, 0.1) is 20.8 Å². The van der Waals surface area contributed by atoms with E-state index in [1.807, 2.05) is 12.3 Å². The lowest BCUT2D eigenvalue weighted by Gasteiger charge is -2.19. The van der Waals surface area contributed by atoms with Crippen LogP contribution in [0.1, 0.15) is 33.9 Å². The number of fused-ring (bicyclic) bond motifs is 1. The standard InChI is InChI=1S/C19H20N2/c1-12-9-13(2)18(14(3)10-12)19(20)16-7-6-15-5-4-8-21-17(15)11-16/h4-11,19H,20H2,1-3H3. The molecular formula is C19H20N2. The second kappa shape index (κ2) is 5.30. The van der Waals surface area contributed by atoms with Gasteiger partial charge in [0.05, 0.1) is 11.6 Å². The van der Waals surface area contributed by atoms with Crippen LogP contribution < -0.4 is 5.73 Å². The van der Waals surface area contributed by atoms with Gasteiger partial charge in [0, 0.05) is 11.6 Å². The molecule has 1 heterocycles. The summed E-state index contributed by atoms with van der Waals surface area (Å²) in [6, 6.07) is 14.6. The maximum absolute atomic E-state index is 6.53. The highest BCUT2D eigenvalue weighted by Gasteiger charge is 2.15. The van der Waals surface area contributed by atoms with Crippen LogP contribution in [0.15, 0.2) is 48.7 Å². The molecule has 0 aliphatic carbocycles. The van der Waals surface area contributed by atoms with Gasteiger partial charge in [-0.25, -0.2) is 0 Å². The van der Waals surface area contributed by atoms with E-state index >= 15 is 0 Å². The summed E-state index contributed by atoms with van der Waals surface area (Å²) in [7, 11) is 0. The fourth-order valence-electron chi connectivity index (χ4n) is 3.13. The Hall–Kier alpha value is -2.19. The van der Waals surface area contributed by atoms with Gasteiger partial charge in [-0.1, -0.05) is 35.9 Å². The molecule has 3 rings (SSSR count). The molecule has 106 valence electrons. The van der Waals surface area contributed by atoms with E-state index in [-0.39, 0.29) is 6.04 Å². The van der Waals surface area contributed by atoms with Crippen LogP contribution in [0.3, 0.4) is 0 Å². The summed E-state index contributed by atoms with van der Waals surface area (Å²) in [5.41, 5.74) is 13.6. The summed E-state index contributed by atoms with van der Waals surface area (Å²) in [4.78, 5) is 4.42. The number of hydrogen-bond acceptors (Lipinski definition) is 2. The zero-order chi connectivity index (χ0) is 15.0. The van der Waals surface area contributed by atoms with Gasteiger partial charge in [0.15, 0.2) is 0 Å². The lowest BCUT2D eigenvalue weighted by Crippen LogP contribution is -2.15. The predicted molar refractivity (Wildman–Crippen MR) is 88.4 cm³/mol. The molecule has 1 aromatic heterocycles. The van der Waals surface area contributed by atoms with Gasteiger partial charge >= 0.3 is 0 Å². The lowest BCUT2D eigenvalue weighted by atomic mass is 9.90. The largest absolute Gasteiger partial charge is 0.320 e. The molecule has 0 fully saturated rings. The summed E-state index contributed by atoms with van der Waals surface area (Å²) in [5, 5.41) is 1.14. The highest BCUT2D eigenvalue weighted by atomic mass is 14.7. The molecule has 0 radical (unpaired) electrons. The second-order valence-electron chi connectivity index (χ2n) is 5.75. The van der Waals surface area contributed by atoms with Gasteiger partial charge in [-0.05, 0) is 55.2 Å². The molecule has 3 aromatic rings. The average molecular weight is 276 g/mol. The molecular weight excluding hydrogens is 256 g/mol. The van der Waals surface area contributed by atoms with Crippen LogP contribution in [0.5, 0.6) is 0 Å². The molecule has 2 aromatic carbocycles. The number of aromatic nitrogens is 1. The summed E-state index contributed by atoms with van der Waals surface area (Å²) in [6.07, 6.45) is 1.82. The minimum atomic E-state index is -0.114. The molecule has 0 spiro atoms. The van der Waals surface area contributed by atoms with Crippen molar-refractivity contribution in [1.82, 2.24) is 4.98 Å².